The molecule has 1 fully saturated rings. The third-order valence-electron chi connectivity index (χ3n) is 2.88. The monoisotopic (exact) mass is 259 g/mol. The first-order valence-corrected chi connectivity index (χ1v) is 5.50. The van der Waals surface area contributed by atoms with Crippen molar-refractivity contribution in [1.82, 2.24) is 10.2 Å². The van der Waals surface area contributed by atoms with Crippen LogP contribution in [0.4, 0.5) is 0 Å². The van der Waals surface area contributed by atoms with Crippen molar-refractivity contribution in [3.8, 4) is 0 Å². The number of carboxylic acids is 1. The van der Waals surface area contributed by atoms with Crippen LogP contribution in [0.3, 0.4) is 0 Å². The first-order chi connectivity index (χ1) is 8.47. The maximum absolute atomic E-state index is 11.7. The zero-order chi connectivity index (χ0) is 13.7. The summed E-state index contributed by atoms with van der Waals surface area (Å²) in [4.78, 5) is 34.9. The van der Waals surface area contributed by atoms with Gasteiger partial charge in [0.25, 0.3) is 0 Å². The molecule has 0 aromatic rings. The van der Waals surface area contributed by atoms with E-state index in [1.165, 1.54) is 11.9 Å². The average Bonchev–Trinajstić information content (AvgIpc) is 2.83. The zero-order valence-electron chi connectivity index (χ0n) is 10.1. The van der Waals surface area contributed by atoms with Gasteiger partial charge in [-0.2, -0.15) is 0 Å². The van der Waals surface area contributed by atoms with E-state index in [2.05, 4.69) is 5.32 Å². The molecule has 0 bridgehead atoms. The molecular weight excluding hydrogens is 242 g/mol. The Bertz CT molecular complexity index is 346. The molecule has 0 spiro atoms. The summed E-state index contributed by atoms with van der Waals surface area (Å²) in [6.45, 7) is -0.118. The second kappa shape index (κ2) is 6.31. The van der Waals surface area contributed by atoms with Crippen molar-refractivity contribution in [3.05, 3.63) is 0 Å². The van der Waals surface area contributed by atoms with E-state index in [1.807, 2.05) is 0 Å². The number of rotatable bonds is 5. The number of likely N-dealkylation sites (N-methyl/N-ethyl adjacent to an activating group) is 1. The molecule has 1 aliphatic rings. The normalized spacial score (nSPS) is 22.6. The van der Waals surface area contributed by atoms with Crippen LogP contribution in [0.15, 0.2) is 0 Å². The Kier molecular flexibility index (Phi) is 5.05. The predicted molar refractivity (Wildman–Crippen MR) is 60.6 cm³/mol. The number of carboxylic acid groups (broad SMARTS) is 1. The van der Waals surface area contributed by atoms with Crippen LogP contribution in [0.25, 0.3) is 0 Å². The molecule has 102 valence electrons. The fraction of sp³-hybridized carbons (Fsp3) is 0.700. The Morgan fingerprint density at radius 1 is 1.44 bits per heavy atom. The number of amides is 2. The van der Waals surface area contributed by atoms with Crippen molar-refractivity contribution in [3.63, 3.8) is 0 Å². The van der Waals surface area contributed by atoms with Gasteiger partial charge in [0.1, 0.15) is 5.92 Å². The Labute approximate surface area is 104 Å². The fourth-order valence-electron chi connectivity index (χ4n) is 1.72. The summed E-state index contributed by atoms with van der Waals surface area (Å²) >= 11 is 0. The molecule has 0 saturated carbocycles. The van der Waals surface area contributed by atoms with Gasteiger partial charge in [0.05, 0.1) is 32.3 Å². The molecule has 2 atom stereocenters. The lowest BCUT2D eigenvalue weighted by atomic mass is 10.0. The van der Waals surface area contributed by atoms with Gasteiger partial charge in [-0.3, -0.25) is 14.4 Å². The Hall–Kier alpha value is -1.67. The largest absolute Gasteiger partial charge is 0.481 e. The summed E-state index contributed by atoms with van der Waals surface area (Å²) in [7, 11) is 1.49. The van der Waals surface area contributed by atoms with Crippen LogP contribution < -0.4 is 11.1 Å². The van der Waals surface area contributed by atoms with Gasteiger partial charge >= 0.3 is 5.97 Å². The predicted octanol–water partition coefficient (Wildman–Crippen LogP) is -2.38. The smallest absolute Gasteiger partial charge is 0.311 e. The first kappa shape index (κ1) is 14.4. The number of nitrogens with two attached hydrogens (primary N) is 1. The summed E-state index contributed by atoms with van der Waals surface area (Å²) in [5.74, 6) is -2.54. The summed E-state index contributed by atoms with van der Waals surface area (Å²) in [5, 5.41) is 11.3. The van der Waals surface area contributed by atoms with Crippen LogP contribution in [0, 0.1) is 5.92 Å². The molecule has 0 aromatic carbocycles. The molecule has 4 N–H and O–H groups in total. The van der Waals surface area contributed by atoms with E-state index in [4.69, 9.17) is 15.6 Å². The molecule has 8 heteroatoms. The summed E-state index contributed by atoms with van der Waals surface area (Å²) in [6, 6.07) is -0.509. The highest BCUT2D eigenvalue weighted by atomic mass is 16.5. The van der Waals surface area contributed by atoms with Crippen LogP contribution in [-0.4, -0.2) is 67.2 Å². The molecule has 0 radical (unpaired) electrons. The lowest BCUT2D eigenvalue weighted by Gasteiger charge is -2.26. The molecule has 1 heterocycles. The van der Waals surface area contributed by atoms with E-state index in [0.29, 0.717) is 0 Å². The first-order valence-electron chi connectivity index (χ1n) is 5.50. The van der Waals surface area contributed by atoms with Gasteiger partial charge in [-0.05, 0) is 0 Å². The Balaban J connectivity index is 2.52. The molecule has 0 aromatic heterocycles. The third-order valence-corrected chi connectivity index (χ3v) is 2.88. The van der Waals surface area contributed by atoms with Crippen molar-refractivity contribution in [2.75, 3.05) is 33.4 Å². The SMILES string of the molecule is CN(C(=O)CNC(=O)CN)C1COCC1C(=O)O. The number of aliphatic carboxylic acids is 1. The van der Waals surface area contributed by atoms with Crippen molar-refractivity contribution >= 4 is 17.8 Å². The minimum Gasteiger partial charge on any atom is -0.481 e. The standard InChI is InChI=1S/C10H17N3O5/c1-13(9(15)3-12-8(14)2-11)7-5-18-4-6(7)10(16)17/h6-7H,2-5,11H2,1H3,(H,12,14)(H,16,17). The number of hydrogen-bond acceptors (Lipinski definition) is 5. The van der Waals surface area contributed by atoms with Gasteiger partial charge in [0.15, 0.2) is 0 Å². The van der Waals surface area contributed by atoms with E-state index < -0.39 is 23.8 Å². The fourth-order valence-corrected chi connectivity index (χ4v) is 1.72. The summed E-state index contributed by atoms with van der Waals surface area (Å²) < 4.78 is 5.07. The van der Waals surface area contributed by atoms with Gasteiger partial charge in [-0.25, -0.2) is 0 Å². The molecule has 1 rings (SSSR count). The number of ether oxygens (including phenoxy) is 1. The highest BCUT2D eigenvalue weighted by molar-refractivity contribution is 5.86. The average molecular weight is 259 g/mol. The third kappa shape index (κ3) is 3.41. The van der Waals surface area contributed by atoms with E-state index in [1.54, 1.807) is 0 Å². The molecule has 8 nitrogen and oxygen atoms in total. The van der Waals surface area contributed by atoms with Gasteiger partial charge in [-0.1, -0.05) is 0 Å². The Morgan fingerprint density at radius 3 is 2.67 bits per heavy atom. The summed E-state index contributed by atoms with van der Waals surface area (Å²) in [5.41, 5.74) is 5.08. The van der Waals surface area contributed by atoms with Crippen LogP contribution in [-0.2, 0) is 19.1 Å². The number of nitrogens with zero attached hydrogens (tertiary/aromatic N) is 1. The van der Waals surface area contributed by atoms with Crippen molar-refractivity contribution in [2.45, 2.75) is 6.04 Å². The van der Waals surface area contributed by atoms with Crippen LogP contribution in [0.5, 0.6) is 0 Å². The van der Waals surface area contributed by atoms with Gasteiger partial charge in [-0.15, -0.1) is 0 Å². The van der Waals surface area contributed by atoms with Crippen LogP contribution in [0.2, 0.25) is 0 Å². The summed E-state index contributed by atoms with van der Waals surface area (Å²) in [6.07, 6.45) is 0. The highest BCUT2D eigenvalue weighted by Crippen LogP contribution is 2.18. The quantitative estimate of drug-likeness (QED) is 0.507. The van der Waals surface area contributed by atoms with Gasteiger partial charge in [0, 0.05) is 7.05 Å². The lowest BCUT2D eigenvalue weighted by molar-refractivity contribution is -0.144. The van der Waals surface area contributed by atoms with Crippen LogP contribution in [0.1, 0.15) is 0 Å². The maximum atomic E-state index is 11.7. The van der Waals surface area contributed by atoms with Crippen molar-refractivity contribution in [2.24, 2.45) is 11.7 Å². The van der Waals surface area contributed by atoms with Crippen LogP contribution >= 0.6 is 0 Å². The van der Waals surface area contributed by atoms with Crippen molar-refractivity contribution < 1.29 is 24.2 Å². The molecule has 0 aliphatic carbocycles. The van der Waals surface area contributed by atoms with Gasteiger partial charge in [0.2, 0.25) is 11.8 Å². The number of carbonyl (C=O) groups excluding carboxylic acids is 2. The zero-order valence-corrected chi connectivity index (χ0v) is 10.1. The van der Waals surface area contributed by atoms with E-state index in [0.717, 1.165) is 0 Å². The molecule has 2 unspecified atom stereocenters. The van der Waals surface area contributed by atoms with E-state index >= 15 is 0 Å². The van der Waals surface area contributed by atoms with Gasteiger partial charge < -0.3 is 25.8 Å². The minimum absolute atomic E-state index is 0.0901. The molecule has 2 amide bonds. The van der Waals surface area contributed by atoms with E-state index in [9.17, 15) is 14.4 Å². The number of carbonyl (C=O) groups is 3. The second-order valence-corrected chi connectivity index (χ2v) is 4.04. The lowest BCUT2D eigenvalue weighted by Crippen LogP contribution is -2.48. The highest BCUT2D eigenvalue weighted by Gasteiger charge is 2.38. The molecular formula is C10H17N3O5. The van der Waals surface area contributed by atoms with E-state index in [-0.39, 0.29) is 32.2 Å². The molecule has 1 saturated heterocycles. The minimum atomic E-state index is -0.997. The molecule has 18 heavy (non-hydrogen) atoms. The van der Waals surface area contributed by atoms with Crippen molar-refractivity contribution in [1.29, 1.82) is 0 Å². The maximum Gasteiger partial charge on any atom is 0.311 e. The molecule has 1 aliphatic heterocycles. The second-order valence-electron chi connectivity index (χ2n) is 4.04. The number of hydrogen-bond donors (Lipinski definition) is 3. The Morgan fingerprint density at radius 2 is 2.11 bits per heavy atom. The topological polar surface area (TPSA) is 122 Å². The number of nitrogens with one attached hydrogen (secondary N) is 1.